The van der Waals surface area contributed by atoms with Crippen LogP contribution in [-0.2, 0) is 16.6 Å². The first-order chi connectivity index (χ1) is 15.8. The lowest BCUT2D eigenvalue weighted by molar-refractivity contribution is 0.102. The number of rotatable bonds is 7. The maximum atomic E-state index is 13.0. The SMILES string of the molecule is Cc1ccc(S(=O)(=O)N2CCCCC2)cc1NC(=O)c1csc(COc2ccc(F)cc2)n1. The number of thiazole rings is 1. The molecule has 4 rings (SSSR count). The highest BCUT2D eigenvalue weighted by Gasteiger charge is 2.26. The molecule has 7 nitrogen and oxygen atoms in total. The summed E-state index contributed by atoms with van der Waals surface area (Å²) in [5.41, 5.74) is 1.38. The van der Waals surface area contributed by atoms with Crippen LogP contribution in [0.1, 0.15) is 40.3 Å². The fourth-order valence-corrected chi connectivity index (χ4v) is 5.72. The average molecular weight is 490 g/mol. The number of nitrogens with zero attached hydrogens (tertiary/aromatic N) is 2. The maximum absolute atomic E-state index is 13.0. The summed E-state index contributed by atoms with van der Waals surface area (Å²) in [6.07, 6.45) is 2.74. The highest BCUT2D eigenvalue weighted by Crippen LogP contribution is 2.26. The number of anilines is 1. The van der Waals surface area contributed by atoms with Crippen molar-refractivity contribution < 1.29 is 22.3 Å². The maximum Gasteiger partial charge on any atom is 0.275 e. The number of carbonyl (C=O) groups excluding carboxylic acids is 1. The average Bonchev–Trinajstić information content (AvgIpc) is 3.30. The van der Waals surface area contributed by atoms with Gasteiger partial charge in [-0.15, -0.1) is 11.3 Å². The van der Waals surface area contributed by atoms with Gasteiger partial charge in [0.25, 0.3) is 5.91 Å². The summed E-state index contributed by atoms with van der Waals surface area (Å²) < 4.78 is 46.0. The van der Waals surface area contributed by atoms with Crippen molar-refractivity contribution in [1.82, 2.24) is 9.29 Å². The van der Waals surface area contributed by atoms with E-state index in [1.807, 2.05) is 0 Å². The van der Waals surface area contributed by atoms with Gasteiger partial charge in [-0.2, -0.15) is 4.31 Å². The first-order valence-electron chi connectivity index (χ1n) is 10.6. The summed E-state index contributed by atoms with van der Waals surface area (Å²) in [5, 5.41) is 4.97. The molecule has 0 unspecified atom stereocenters. The number of hydrogen-bond donors (Lipinski definition) is 1. The Morgan fingerprint density at radius 1 is 1.15 bits per heavy atom. The lowest BCUT2D eigenvalue weighted by atomic mass is 10.2. The van der Waals surface area contributed by atoms with Crippen molar-refractivity contribution in [1.29, 1.82) is 0 Å². The van der Waals surface area contributed by atoms with Gasteiger partial charge in [-0.1, -0.05) is 12.5 Å². The zero-order valence-corrected chi connectivity index (χ0v) is 19.7. The minimum atomic E-state index is -3.61. The van der Waals surface area contributed by atoms with E-state index in [4.69, 9.17) is 4.74 Å². The molecule has 1 aliphatic rings. The molecule has 1 amide bonds. The van der Waals surface area contributed by atoms with Crippen molar-refractivity contribution in [2.45, 2.75) is 37.7 Å². The Kier molecular flexibility index (Phi) is 7.06. The minimum Gasteiger partial charge on any atom is -0.486 e. The van der Waals surface area contributed by atoms with E-state index in [1.165, 1.54) is 46.0 Å². The van der Waals surface area contributed by atoms with Gasteiger partial charge in [0.05, 0.1) is 4.90 Å². The molecule has 1 saturated heterocycles. The number of carbonyl (C=O) groups is 1. The first kappa shape index (κ1) is 23.3. The van der Waals surface area contributed by atoms with Gasteiger partial charge >= 0.3 is 0 Å². The van der Waals surface area contributed by atoms with Crippen molar-refractivity contribution in [3.05, 3.63) is 69.9 Å². The molecule has 0 atom stereocenters. The Morgan fingerprint density at radius 2 is 1.88 bits per heavy atom. The Balaban J connectivity index is 1.44. The van der Waals surface area contributed by atoms with Crippen molar-refractivity contribution in [3.8, 4) is 5.75 Å². The second-order valence-corrected chi connectivity index (χ2v) is 10.6. The number of sulfonamides is 1. The molecule has 0 saturated carbocycles. The first-order valence-corrected chi connectivity index (χ1v) is 12.9. The molecule has 1 fully saturated rings. The van der Waals surface area contributed by atoms with Crippen LogP contribution in [0.3, 0.4) is 0 Å². The molecule has 1 aliphatic heterocycles. The monoisotopic (exact) mass is 489 g/mol. The van der Waals surface area contributed by atoms with Crippen LogP contribution in [0, 0.1) is 12.7 Å². The minimum absolute atomic E-state index is 0.145. The third-order valence-electron chi connectivity index (χ3n) is 5.37. The van der Waals surface area contributed by atoms with Crippen LogP contribution in [-0.4, -0.2) is 36.7 Å². The van der Waals surface area contributed by atoms with Gasteiger partial charge in [0, 0.05) is 24.2 Å². The van der Waals surface area contributed by atoms with Crippen LogP contribution in [0.2, 0.25) is 0 Å². The third-order valence-corrected chi connectivity index (χ3v) is 8.09. The Bertz CT molecular complexity index is 1240. The molecule has 33 heavy (non-hydrogen) atoms. The second-order valence-electron chi connectivity index (χ2n) is 7.76. The molecule has 0 bridgehead atoms. The summed E-state index contributed by atoms with van der Waals surface area (Å²) in [6, 6.07) is 10.4. The Labute approximate surface area is 196 Å². The van der Waals surface area contributed by atoms with Crippen molar-refractivity contribution in [2.24, 2.45) is 0 Å². The molecule has 174 valence electrons. The predicted molar refractivity (Wildman–Crippen MR) is 125 cm³/mol. The van der Waals surface area contributed by atoms with Gasteiger partial charge in [0.15, 0.2) is 0 Å². The van der Waals surface area contributed by atoms with Crippen LogP contribution in [0.4, 0.5) is 10.1 Å². The lowest BCUT2D eigenvalue weighted by Crippen LogP contribution is -2.35. The molecule has 2 heterocycles. The number of piperidine rings is 1. The van der Waals surface area contributed by atoms with Crippen LogP contribution in [0.5, 0.6) is 5.75 Å². The van der Waals surface area contributed by atoms with Crippen LogP contribution >= 0.6 is 11.3 Å². The highest BCUT2D eigenvalue weighted by molar-refractivity contribution is 7.89. The summed E-state index contributed by atoms with van der Waals surface area (Å²) in [6.45, 7) is 2.97. The molecule has 3 aromatic rings. The van der Waals surface area contributed by atoms with Crippen LogP contribution in [0.25, 0.3) is 0 Å². The molecule has 10 heteroatoms. The normalized spacial score (nSPS) is 14.7. The standard InChI is InChI=1S/C23H24FN3O4S2/c1-16-5-10-19(33(29,30)27-11-3-2-4-12-27)13-20(16)26-23(28)21-15-32-22(25-21)14-31-18-8-6-17(24)7-9-18/h5-10,13,15H,2-4,11-12,14H2,1H3,(H,26,28). The number of aryl methyl sites for hydroxylation is 1. The summed E-state index contributed by atoms with van der Waals surface area (Å²) in [7, 11) is -3.61. The van der Waals surface area contributed by atoms with E-state index in [2.05, 4.69) is 10.3 Å². The molecule has 0 radical (unpaired) electrons. The van der Waals surface area contributed by atoms with Gasteiger partial charge in [0.1, 0.15) is 28.9 Å². The topological polar surface area (TPSA) is 88.6 Å². The largest absolute Gasteiger partial charge is 0.486 e. The zero-order chi connectivity index (χ0) is 23.4. The van der Waals surface area contributed by atoms with E-state index in [0.717, 1.165) is 24.8 Å². The highest BCUT2D eigenvalue weighted by atomic mass is 32.2. The van der Waals surface area contributed by atoms with E-state index in [1.54, 1.807) is 24.4 Å². The fourth-order valence-electron chi connectivity index (χ4n) is 3.49. The van der Waals surface area contributed by atoms with Gasteiger partial charge in [0.2, 0.25) is 10.0 Å². The number of aromatic nitrogens is 1. The number of nitrogens with one attached hydrogen (secondary N) is 1. The lowest BCUT2D eigenvalue weighted by Gasteiger charge is -2.26. The Morgan fingerprint density at radius 3 is 2.61 bits per heavy atom. The smallest absolute Gasteiger partial charge is 0.275 e. The van der Waals surface area contributed by atoms with Crippen LogP contribution in [0.15, 0.2) is 52.7 Å². The summed E-state index contributed by atoms with van der Waals surface area (Å²) in [5.74, 6) is -0.284. The molecule has 2 aromatic carbocycles. The molecule has 0 spiro atoms. The summed E-state index contributed by atoms with van der Waals surface area (Å²) >= 11 is 1.27. The fraction of sp³-hybridized carbons (Fsp3) is 0.304. The number of halogens is 1. The predicted octanol–water partition coefficient (Wildman–Crippen LogP) is 4.60. The van der Waals surface area contributed by atoms with E-state index >= 15 is 0 Å². The van der Waals surface area contributed by atoms with E-state index in [0.29, 0.717) is 29.5 Å². The third kappa shape index (κ3) is 5.58. The number of ether oxygens (including phenoxy) is 1. The molecule has 1 aromatic heterocycles. The van der Waals surface area contributed by atoms with Gasteiger partial charge < -0.3 is 10.1 Å². The van der Waals surface area contributed by atoms with Crippen molar-refractivity contribution >= 4 is 33.0 Å². The molecular weight excluding hydrogens is 465 g/mol. The molecular formula is C23H24FN3O4S2. The van der Waals surface area contributed by atoms with Gasteiger partial charge in [-0.3, -0.25) is 4.79 Å². The molecule has 0 aliphatic carbocycles. The number of amides is 1. The second kappa shape index (κ2) is 9.98. The molecule has 1 N–H and O–H groups in total. The quantitative estimate of drug-likeness (QED) is 0.524. The Hall–Kier alpha value is -2.82. The number of hydrogen-bond acceptors (Lipinski definition) is 6. The van der Waals surface area contributed by atoms with Crippen molar-refractivity contribution in [2.75, 3.05) is 18.4 Å². The number of benzene rings is 2. The van der Waals surface area contributed by atoms with Gasteiger partial charge in [-0.25, -0.2) is 17.8 Å². The van der Waals surface area contributed by atoms with Crippen LogP contribution < -0.4 is 10.1 Å². The van der Waals surface area contributed by atoms with Crippen molar-refractivity contribution in [3.63, 3.8) is 0 Å². The van der Waals surface area contributed by atoms with E-state index < -0.39 is 15.9 Å². The zero-order valence-electron chi connectivity index (χ0n) is 18.1. The van der Waals surface area contributed by atoms with E-state index in [9.17, 15) is 17.6 Å². The summed E-state index contributed by atoms with van der Waals surface area (Å²) in [4.78, 5) is 17.2. The van der Waals surface area contributed by atoms with Gasteiger partial charge in [-0.05, 0) is 61.7 Å². The van der Waals surface area contributed by atoms with E-state index in [-0.39, 0.29) is 23.0 Å².